The van der Waals surface area contributed by atoms with Gasteiger partial charge in [-0.2, -0.15) is 6.67 Å². The second-order valence-corrected chi connectivity index (χ2v) is 18.8. The first kappa shape index (κ1) is 35.7. The van der Waals surface area contributed by atoms with Crippen LogP contribution in [-0.2, 0) is 19.9 Å². The maximum absolute atomic E-state index is 5.68. The van der Waals surface area contributed by atoms with Gasteiger partial charge in [0.1, 0.15) is 0 Å². The molecule has 0 spiro atoms. The van der Waals surface area contributed by atoms with Crippen LogP contribution >= 0.6 is 19.4 Å². The summed E-state index contributed by atoms with van der Waals surface area (Å²) in [5.41, 5.74) is 12.6. The third-order valence-corrected chi connectivity index (χ3v) is 10.2. The third kappa shape index (κ3) is 9.87. The number of aryl methyl sites for hydroxylation is 3. The fraction of sp³-hybridized carbons (Fsp3) is 0.486. The van der Waals surface area contributed by atoms with Crippen LogP contribution in [0.1, 0.15) is 125 Å². The van der Waals surface area contributed by atoms with Gasteiger partial charge in [-0.25, -0.2) is 0 Å². The summed E-state index contributed by atoms with van der Waals surface area (Å²) < 4.78 is 2.00. The molecule has 3 aromatic rings. The first-order valence-electron chi connectivity index (χ1n) is 15.7. The molecule has 3 nitrogen and oxygen atoms in total. The average molecular weight is 711 g/mol. The molecule has 0 N–H and O–H groups in total. The van der Waals surface area contributed by atoms with E-state index in [0.29, 0.717) is 23.7 Å². The van der Waals surface area contributed by atoms with Crippen molar-refractivity contribution in [2.45, 2.75) is 106 Å². The van der Waals surface area contributed by atoms with E-state index >= 15 is 0 Å². The van der Waals surface area contributed by atoms with Gasteiger partial charge in [0.05, 0.1) is 0 Å². The van der Waals surface area contributed by atoms with E-state index in [4.69, 9.17) is 19.4 Å². The summed E-state index contributed by atoms with van der Waals surface area (Å²) in [4.78, 5) is 9.24. The van der Waals surface area contributed by atoms with Crippen LogP contribution in [0, 0.1) is 20.5 Å². The zero-order valence-corrected chi connectivity index (χ0v) is 31.1. The summed E-state index contributed by atoms with van der Waals surface area (Å²) in [6.45, 7) is 27.5. The average Bonchev–Trinajstić information content (AvgIpc) is 3.42. The van der Waals surface area contributed by atoms with E-state index in [1.807, 2.05) is 22.8 Å². The Morgan fingerprint density at radius 1 is 0.744 bits per heavy atom. The molecule has 0 radical (unpaired) electrons. The molecule has 238 valence electrons. The molecule has 1 fully saturated rings. The SMILES string of the molecule is Cc1cc(C(C)C)c(N2[CH-]N(c3c(C(C)C)cc(C)cc3C(C)C)CC2)c(C(C)C)c1.[Cl][Ru]([Cl])=[CH]CCc1ccccn1. The number of hydrogen-bond acceptors (Lipinski definition) is 3. The number of benzene rings is 2. The second-order valence-electron chi connectivity index (χ2n) is 12.9. The van der Waals surface area contributed by atoms with Gasteiger partial charge in [0.15, 0.2) is 0 Å². The molecule has 6 heteroatoms. The second kappa shape index (κ2) is 16.5. The van der Waals surface area contributed by atoms with Crippen LogP contribution in [0.4, 0.5) is 11.4 Å². The van der Waals surface area contributed by atoms with Crippen LogP contribution in [0.15, 0.2) is 48.7 Å². The summed E-state index contributed by atoms with van der Waals surface area (Å²) in [6.07, 6.45) is 3.67. The Bertz CT molecular complexity index is 1230. The van der Waals surface area contributed by atoms with Crippen molar-refractivity contribution in [3.63, 3.8) is 0 Å². The van der Waals surface area contributed by atoms with E-state index in [2.05, 4.69) is 115 Å². The Balaban J connectivity index is 0.000000353. The maximum atomic E-state index is 5.68. The summed E-state index contributed by atoms with van der Waals surface area (Å²) >= 11 is -1.56. The molecular formula is C37H52Cl2N3Ru-. The van der Waals surface area contributed by atoms with Crippen LogP contribution in [0.25, 0.3) is 0 Å². The van der Waals surface area contributed by atoms with E-state index in [0.717, 1.165) is 31.6 Å². The fourth-order valence-corrected chi connectivity index (χ4v) is 7.30. The molecule has 0 aliphatic carbocycles. The molecular weight excluding hydrogens is 658 g/mol. The molecule has 2 heterocycles. The Morgan fingerprint density at radius 2 is 1.16 bits per heavy atom. The Hall–Kier alpha value is -1.74. The van der Waals surface area contributed by atoms with Gasteiger partial charge in [0.2, 0.25) is 0 Å². The number of hydrogen-bond donors (Lipinski definition) is 0. The van der Waals surface area contributed by atoms with Gasteiger partial charge >= 0.3 is 85.4 Å². The molecule has 1 aliphatic rings. The number of anilines is 2. The molecule has 43 heavy (non-hydrogen) atoms. The van der Waals surface area contributed by atoms with Gasteiger partial charge in [-0.1, -0.05) is 90.8 Å². The van der Waals surface area contributed by atoms with E-state index in [-0.39, 0.29) is 0 Å². The van der Waals surface area contributed by atoms with Gasteiger partial charge in [-0.3, -0.25) is 0 Å². The molecule has 0 saturated carbocycles. The molecule has 4 rings (SSSR count). The number of halogens is 2. The fourth-order valence-electron chi connectivity index (χ4n) is 5.76. The summed E-state index contributed by atoms with van der Waals surface area (Å²) in [5.74, 6) is 2.02. The number of pyridine rings is 1. The number of rotatable bonds is 9. The molecule has 1 aliphatic heterocycles. The van der Waals surface area contributed by atoms with Gasteiger partial charge < -0.3 is 9.80 Å². The van der Waals surface area contributed by atoms with Crippen LogP contribution < -0.4 is 9.80 Å². The van der Waals surface area contributed by atoms with Crippen LogP contribution in [-0.4, -0.2) is 22.7 Å². The predicted octanol–water partition coefficient (Wildman–Crippen LogP) is 11.0. The molecule has 0 bridgehead atoms. The molecule has 2 aromatic carbocycles. The van der Waals surface area contributed by atoms with Crippen molar-refractivity contribution < 1.29 is 13.5 Å². The van der Waals surface area contributed by atoms with Crippen molar-refractivity contribution in [3.8, 4) is 0 Å². The van der Waals surface area contributed by atoms with Gasteiger partial charge in [-0.05, 0) is 59.8 Å². The summed E-state index contributed by atoms with van der Waals surface area (Å²) in [7, 11) is 11.4. The summed E-state index contributed by atoms with van der Waals surface area (Å²) in [6, 6.07) is 15.5. The Morgan fingerprint density at radius 3 is 1.49 bits per heavy atom. The minimum absolute atomic E-state index is 0.506. The minimum atomic E-state index is -1.56. The first-order chi connectivity index (χ1) is 20.3. The number of aromatic nitrogens is 1. The van der Waals surface area contributed by atoms with E-state index in [1.165, 1.54) is 44.8 Å². The van der Waals surface area contributed by atoms with Gasteiger partial charge in [0, 0.05) is 24.5 Å². The molecule has 0 atom stereocenters. The Labute approximate surface area is 275 Å². The van der Waals surface area contributed by atoms with Gasteiger partial charge in [0.25, 0.3) is 0 Å². The topological polar surface area (TPSA) is 19.4 Å². The standard InChI is InChI=1S/C29H43N2.C8H9N.2ClH.Ru/c1-18(2)24-13-22(9)14-25(19(3)4)28(24)30-11-12-31(17-30)29-26(20(5)6)15-23(10)16-27(29)21(7)8;1-2-5-8-6-3-4-7-9-8;;;/h13-21H,11-12H2,1-10H3;1,3-4,6-7H,2,5H2;2*1H;/q-1;;;;+2/p-2. The molecule has 0 amide bonds. The predicted molar refractivity (Wildman–Crippen MR) is 188 cm³/mol. The van der Waals surface area contributed by atoms with Crippen LogP contribution in [0.2, 0.25) is 0 Å². The first-order valence-corrected chi connectivity index (χ1v) is 21.2. The summed E-state index contributed by atoms with van der Waals surface area (Å²) in [5, 5.41) is 0. The van der Waals surface area contributed by atoms with Crippen molar-refractivity contribution in [2.75, 3.05) is 22.9 Å². The molecule has 0 unspecified atom stereocenters. The zero-order chi connectivity index (χ0) is 31.8. The van der Waals surface area contributed by atoms with Crippen molar-refractivity contribution in [1.82, 2.24) is 4.98 Å². The monoisotopic (exact) mass is 710 g/mol. The van der Waals surface area contributed by atoms with Crippen molar-refractivity contribution in [3.05, 3.63) is 94.4 Å². The Kier molecular flexibility index (Phi) is 13.7. The quantitative estimate of drug-likeness (QED) is 0.163. The zero-order valence-electron chi connectivity index (χ0n) is 27.9. The third-order valence-electron chi connectivity index (χ3n) is 7.89. The van der Waals surface area contributed by atoms with Crippen molar-refractivity contribution in [1.29, 1.82) is 0 Å². The van der Waals surface area contributed by atoms with Crippen molar-refractivity contribution >= 4 is 35.4 Å². The molecule has 1 saturated heterocycles. The van der Waals surface area contributed by atoms with Crippen molar-refractivity contribution in [2.24, 2.45) is 0 Å². The normalized spacial score (nSPS) is 13.7. The number of nitrogens with zero attached hydrogens (tertiary/aromatic N) is 3. The molecule has 1 aromatic heterocycles. The van der Waals surface area contributed by atoms with E-state index < -0.39 is 13.5 Å². The van der Waals surface area contributed by atoms with E-state index in [9.17, 15) is 0 Å². The van der Waals surface area contributed by atoms with Crippen LogP contribution in [0.5, 0.6) is 0 Å². The van der Waals surface area contributed by atoms with E-state index in [1.54, 1.807) is 6.20 Å². The van der Waals surface area contributed by atoms with Crippen LogP contribution in [0.3, 0.4) is 0 Å². The van der Waals surface area contributed by atoms with Gasteiger partial charge in [-0.15, -0.1) is 0 Å².